The molecule has 0 unspecified atom stereocenters. The second kappa shape index (κ2) is 122. The third-order valence-corrected chi connectivity index (χ3v) is 0. The van der Waals surface area contributed by atoms with E-state index in [2.05, 4.69) is 0 Å². The van der Waals surface area contributed by atoms with Crippen LogP contribution in [0.3, 0.4) is 0 Å². The minimum atomic E-state index is -1.75. The summed E-state index contributed by atoms with van der Waals surface area (Å²) in [6.07, 6.45) is 0. The van der Waals surface area contributed by atoms with Gasteiger partial charge in [0.2, 0.25) is 0 Å². The monoisotopic (exact) mass is 282 g/mol. The predicted octanol–water partition coefficient (Wildman–Crippen LogP) is -5.19. The molecule has 0 saturated carbocycles. The molecule has 0 spiro atoms. The van der Waals surface area contributed by atoms with Crippen molar-refractivity contribution in [1.29, 1.82) is 0 Å². The van der Waals surface area contributed by atoms with Gasteiger partial charge in [0.25, 0.3) is 0 Å². The third-order valence-electron chi connectivity index (χ3n) is 0. The van der Waals surface area contributed by atoms with Gasteiger partial charge in [-0.05, 0) is 0 Å². The van der Waals surface area contributed by atoms with Crippen LogP contribution in [-0.4, -0.2) is 37.9 Å². The van der Waals surface area contributed by atoms with Gasteiger partial charge in [0.1, 0.15) is 0 Å². The summed E-state index contributed by atoms with van der Waals surface area (Å²) in [7, 11) is 0. The van der Waals surface area contributed by atoms with Crippen molar-refractivity contribution >= 4 is 0 Å². The van der Waals surface area contributed by atoms with Crippen LogP contribution in [0, 0.1) is 15.3 Å². The Labute approximate surface area is 87.9 Å². The summed E-state index contributed by atoms with van der Waals surface area (Å²) in [5.41, 5.74) is 0. The van der Waals surface area contributed by atoms with Crippen LogP contribution in [0.15, 0.2) is 0 Å². The fraction of sp³-hybridized carbons (Fsp3) is 0. The van der Waals surface area contributed by atoms with Gasteiger partial charge in [-0.15, -0.1) is 0 Å². The molecule has 10 nitrogen and oxygen atoms in total. The average Bonchev–Trinajstić information content (AvgIpc) is 0.811. The number of nitrogens with zero attached hydrogens (tertiary/aromatic N) is 1. The Kier molecular flexibility index (Phi) is 1640. The minimum Gasteiger partial charge on any atom is -0.412 e. The van der Waals surface area contributed by atoms with E-state index in [0.29, 0.717) is 0 Å². The zero-order valence-electron chi connectivity index (χ0n) is 5.38. The molecule has 0 aliphatic heterocycles. The van der Waals surface area contributed by atoms with Crippen molar-refractivity contribution < 1.29 is 72.1 Å². The van der Waals surface area contributed by atoms with Gasteiger partial charge in [-0.2, -0.15) is 0 Å². The van der Waals surface area contributed by atoms with E-state index in [1.54, 1.807) is 0 Å². The molecule has 0 aromatic rings. The number of rotatable bonds is 0. The average molecular weight is 282 g/mol. The zero-order chi connectivity index (χ0) is 3.58. The summed E-state index contributed by atoms with van der Waals surface area (Å²) in [4.78, 5) is 8.25. The van der Waals surface area contributed by atoms with E-state index in [1.807, 2.05) is 0 Å². The van der Waals surface area contributed by atoms with Gasteiger partial charge in [-0.3, -0.25) is 0 Å². The molecular formula is H12Fe2NO9-. The second-order valence-corrected chi connectivity index (χ2v) is 0.224. The van der Waals surface area contributed by atoms with Crippen LogP contribution in [0.2, 0.25) is 0 Å². The van der Waals surface area contributed by atoms with Crippen molar-refractivity contribution in [2.75, 3.05) is 0 Å². The van der Waals surface area contributed by atoms with Gasteiger partial charge in [0, 0.05) is 34.1 Å². The van der Waals surface area contributed by atoms with E-state index in [0.717, 1.165) is 0 Å². The molecule has 0 atom stereocenters. The van der Waals surface area contributed by atoms with Gasteiger partial charge >= 0.3 is 0 Å². The predicted molar refractivity (Wildman–Crippen MR) is 32.0 cm³/mol. The van der Waals surface area contributed by atoms with E-state index < -0.39 is 5.09 Å². The Balaban J connectivity index is -0.00000000161. The molecule has 0 aliphatic rings. The third kappa shape index (κ3) is 750000000. The van der Waals surface area contributed by atoms with Crippen LogP contribution in [0.5, 0.6) is 0 Å². The fourth-order valence-electron chi connectivity index (χ4n) is 0. The molecule has 0 fully saturated rings. The summed E-state index contributed by atoms with van der Waals surface area (Å²) in [6, 6.07) is 0. The summed E-state index contributed by atoms with van der Waals surface area (Å²) in [5.74, 6) is 0. The second-order valence-electron chi connectivity index (χ2n) is 0.224. The van der Waals surface area contributed by atoms with Crippen LogP contribution in [0.25, 0.3) is 0 Å². The molecular weight excluding hydrogens is 270 g/mol. The van der Waals surface area contributed by atoms with Crippen LogP contribution in [0.4, 0.5) is 0 Å². The molecule has 0 bridgehead atoms. The van der Waals surface area contributed by atoms with E-state index in [1.165, 1.54) is 0 Å². The molecule has 12 N–H and O–H groups in total. The van der Waals surface area contributed by atoms with Gasteiger partial charge in [-0.25, -0.2) is 0 Å². The quantitative estimate of drug-likeness (QED) is 0.239. The van der Waals surface area contributed by atoms with Crippen molar-refractivity contribution in [2.45, 2.75) is 0 Å². The summed E-state index contributed by atoms with van der Waals surface area (Å²) in [6.45, 7) is 0. The Morgan fingerprint density at radius 2 is 0.667 bits per heavy atom. The van der Waals surface area contributed by atoms with Crippen LogP contribution >= 0.6 is 0 Å². The maximum absolute atomic E-state index is 8.25. The van der Waals surface area contributed by atoms with Crippen molar-refractivity contribution in [1.82, 2.24) is 0 Å². The number of hydrogen-bond donors (Lipinski definition) is 0. The molecule has 88 valence electrons. The van der Waals surface area contributed by atoms with Crippen molar-refractivity contribution in [2.24, 2.45) is 0 Å². The van der Waals surface area contributed by atoms with Crippen molar-refractivity contribution in [3.8, 4) is 0 Å². The van der Waals surface area contributed by atoms with E-state index in [9.17, 15) is 0 Å². The van der Waals surface area contributed by atoms with Gasteiger partial charge < -0.3 is 48.2 Å². The normalized spacial score (nSPS) is 2.00. The first-order valence-electron chi connectivity index (χ1n) is 0.548. The van der Waals surface area contributed by atoms with Crippen LogP contribution in [-0.2, 0) is 34.1 Å². The first-order chi connectivity index (χ1) is 1.73. The largest absolute Gasteiger partial charge is 0.412 e. The fourth-order valence-corrected chi connectivity index (χ4v) is 0. The van der Waals surface area contributed by atoms with Crippen LogP contribution in [0.1, 0.15) is 0 Å². The summed E-state index contributed by atoms with van der Waals surface area (Å²) >= 11 is 0. The molecule has 12 heavy (non-hydrogen) atoms. The van der Waals surface area contributed by atoms with Crippen molar-refractivity contribution in [3.63, 3.8) is 0 Å². The first kappa shape index (κ1) is 161. The smallest absolute Gasteiger partial charge is 0.0689 e. The Morgan fingerprint density at radius 1 is 0.667 bits per heavy atom. The van der Waals surface area contributed by atoms with E-state index in [-0.39, 0.29) is 67.0 Å². The first-order valence-corrected chi connectivity index (χ1v) is 0.548. The maximum Gasteiger partial charge on any atom is 0.0689 e. The van der Waals surface area contributed by atoms with Gasteiger partial charge in [0.15, 0.2) is 0 Å². The molecule has 0 amide bonds. The van der Waals surface area contributed by atoms with E-state index in [4.69, 9.17) is 15.3 Å². The number of hydrogen-bond acceptors (Lipinski definition) is 3. The zero-order valence-corrected chi connectivity index (χ0v) is 7.59. The Morgan fingerprint density at radius 3 is 0.667 bits per heavy atom. The van der Waals surface area contributed by atoms with Gasteiger partial charge in [-0.1, -0.05) is 0 Å². The van der Waals surface area contributed by atoms with Crippen molar-refractivity contribution in [3.05, 3.63) is 15.3 Å². The standard InChI is InChI=1S/2Fe.NO3.6H2O/c;;2-1(3)4;;;;;;/h;;;6*1H2/q;;-1;;;;;;. The summed E-state index contributed by atoms with van der Waals surface area (Å²) in [5, 5.41) is 14.8. The SMILES string of the molecule is O.O.O.O.O.O.O=[N+]([O-])[O-].[Fe].[Fe]. The Bertz CT molecular complexity index is 35.5. The molecule has 0 radical (unpaired) electrons. The molecule has 12 heteroatoms. The molecule has 0 rings (SSSR count). The van der Waals surface area contributed by atoms with Crippen LogP contribution < -0.4 is 0 Å². The minimum absolute atomic E-state index is 0. The molecule has 0 aliphatic carbocycles. The van der Waals surface area contributed by atoms with Gasteiger partial charge in [0.05, 0.1) is 5.09 Å². The molecule has 0 heterocycles. The maximum atomic E-state index is 8.25. The molecule has 0 saturated heterocycles. The van der Waals surface area contributed by atoms with E-state index >= 15 is 0 Å². The summed E-state index contributed by atoms with van der Waals surface area (Å²) < 4.78 is 0. The molecule has 0 aromatic heterocycles. The Hall–Kier alpha value is -0.00104. The molecule has 0 aromatic carbocycles. The topological polar surface area (TPSA) is 255 Å².